The van der Waals surface area contributed by atoms with Gasteiger partial charge < -0.3 is 19.9 Å². The number of aliphatic carboxylic acids is 2. The first-order valence-electron chi connectivity index (χ1n) is 6.93. The Morgan fingerprint density at radius 3 is 2.40 bits per heavy atom. The van der Waals surface area contributed by atoms with E-state index < -0.39 is 23.7 Å². The molecule has 0 fully saturated rings. The smallest absolute Gasteiger partial charge is 0.416 e. The Morgan fingerprint density at radius 2 is 1.88 bits per heavy atom. The van der Waals surface area contributed by atoms with Crippen LogP contribution in [0.3, 0.4) is 0 Å². The fourth-order valence-corrected chi connectivity index (χ4v) is 1.64. The molecule has 10 heteroatoms. The topological polar surface area (TPSA) is 113 Å². The number of benzene rings is 1. The van der Waals surface area contributed by atoms with E-state index in [9.17, 15) is 13.2 Å². The zero-order chi connectivity index (χ0) is 18.9. The average molecular weight is 360 g/mol. The number of hydrogen-bond acceptors (Lipinski definition) is 4. The summed E-state index contributed by atoms with van der Waals surface area (Å²) in [4.78, 5) is 25.0. The SMILES string of the molecule is FC(F)(F)c1cccc(OCCCc2cnc[nH]2)c1.O=C(O)C(=O)O. The first kappa shape index (κ1) is 20.0. The van der Waals surface area contributed by atoms with Crippen molar-refractivity contribution < 1.29 is 37.7 Å². The number of halogens is 3. The van der Waals surface area contributed by atoms with E-state index in [1.165, 1.54) is 12.1 Å². The molecule has 0 radical (unpaired) electrons. The van der Waals surface area contributed by atoms with Crippen molar-refractivity contribution >= 4 is 11.9 Å². The van der Waals surface area contributed by atoms with E-state index in [4.69, 9.17) is 24.5 Å². The summed E-state index contributed by atoms with van der Waals surface area (Å²) in [7, 11) is 0. The lowest BCUT2D eigenvalue weighted by molar-refractivity contribution is -0.159. The first-order valence-corrected chi connectivity index (χ1v) is 6.93. The van der Waals surface area contributed by atoms with Crippen molar-refractivity contribution in [1.82, 2.24) is 9.97 Å². The Morgan fingerprint density at radius 1 is 1.20 bits per heavy atom. The number of ether oxygens (including phenoxy) is 1. The number of aromatic nitrogens is 2. The number of nitrogens with one attached hydrogen (secondary N) is 1. The highest BCUT2D eigenvalue weighted by Crippen LogP contribution is 2.31. The molecule has 2 aromatic rings. The molecular formula is C15H15F3N2O5. The Balaban J connectivity index is 0.000000450. The minimum Gasteiger partial charge on any atom is -0.494 e. The first-order chi connectivity index (χ1) is 11.7. The van der Waals surface area contributed by atoms with Crippen molar-refractivity contribution in [2.24, 2.45) is 0 Å². The predicted octanol–water partition coefficient (Wildman–Crippen LogP) is 2.60. The van der Waals surface area contributed by atoms with Gasteiger partial charge in [0.15, 0.2) is 0 Å². The molecule has 0 aliphatic rings. The molecule has 25 heavy (non-hydrogen) atoms. The standard InChI is InChI=1S/C13H13F3N2O.C2H2O4/c14-13(15,16)10-3-1-5-12(7-10)19-6-2-4-11-8-17-9-18-11;3-1(4)2(5)6/h1,3,5,7-9H,2,4,6H2,(H,17,18);(H,3,4)(H,5,6). The molecule has 7 nitrogen and oxygen atoms in total. The second-order valence-corrected chi connectivity index (χ2v) is 4.66. The summed E-state index contributed by atoms with van der Waals surface area (Å²) in [6, 6.07) is 4.89. The van der Waals surface area contributed by atoms with Gasteiger partial charge in [-0.05, 0) is 31.0 Å². The van der Waals surface area contributed by atoms with Crippen molar-refractivity contribution in [3.8, 4) is 5.75 Å². The van der Waals surface area contributed by atoms with Crippen LogP contribution in [0.25, 0.3) is 0 Å². The van der Waals surface area contributed by atoms with Gasteiger partial charge in [-0.3, -0.25) is 0 Å². The molecule has 0 atom stereocenters. The van der Waals surface area contributed by atoms with Crippen molar-refractivity contribution in [3.63, 3.8) is 0 Å². The summed E-state index contributed by atoms with van der Waals surface area (Å²) in [6.45, 7) is 0.361. The maximum absolute atomic E-state index is 12.5. The van der Waals surface area contributed by atoms with Gasteiger partial charge in [-0.15, -0.1) is 0 Å². The zero-order valence-electron chi connectivity index (χ0n) is 12.8. The molecule has 0 bridgehead atoms. The van der Waals surface area contributed by atoms with Gasteiger partial charge in [0.25, 0.3) is 0 Å². The molecule has 2 rings (SSSR count). The van der Waals surface area contributed by atoms with E-state index in [-0.39, 0.29) is 5.75 Å². The van der Waals surface area contributed by atoms with Crippen LogP contribution in [-0.2, 0) is 22.2 Å². The molecule has 0 aliphatic heterocycles. The zero-order valence-corrected chi connectivity index (χ0v) is 12.8. The maximum atomic E-state index is 12.5. The van der Waals surface area contributed by atoms with Crippen LogP contribution < -0.4 is 4.74 Å². The van der Waals surface area contributed by atoms with Crippen LogP contribution in [0, 0.1) is 0 Å². The minimum atomic E-state index is -4.34. The van der Waals surface area contributed by atoms with Crippen LogP contribution in [-0.4, -0.2) is 38.7 Å². The van der Waals surface area contributed by atoms with Crippen LogP contribution in [0.5, 0.6) is 5.75 Å². The lowest BCUT2D eigenvalue weighted by atomic mass is 10.2. The van der Waals surface area contributed by atoms with E-state index in [1.807, 2.05) is 0 Å². The summed E-state index contributed by atoms with van der Waals surface area (Å²) < 4.78 is 42.7. The van der Waals surface area contributed by atoms with Gasteiger partial charge in [0.1, 0.15) is 5.75 Å². The molecule has 0 spiro atoms. The Kier molecular flexibility index (Phi) is 7.44. The fourth-order valence-electron chi connectivity index (χ4n) is 1.64. The molecular weight excluding hydrogens is 345 g/mol. The third-order valence-electron chi connectivity index (χ3n) is 2.76. The van der Waals surface area contributed by atoms with Crippen LogP contribution in [0.1, 0.15) is 17.7 Å². The Labute approximate surface area is 140 Å². The number of aromatic amines is 1. The number of carbonyl (C=O) groups is 2. The minimum absolute atomic E-state index is 0.236. The van der Waals surface area contributed by atoms with E-state index in [2.05, 4.69) is 9.97 Å². The van der Waals surface area contributed by atoms with Crippen molar-refractivity contribution in [2.75, 3.05) is 6.61 Å². The molecule has 1 aromatic carbocycles. The molecule has 1 heterocycles. The molecule has 0 aliphatic carbocycles. The van der Waals surface area contributed by atoms with Crippen LogP contribution >= 0.6 is 0 Å². The van der Waals surface area contributed by atoms with Gasteiger partial charge in [-0.1, -0.05) is 6.07 Å². The van der Waals surface area contributed by atoms with E-state index in [0.29, 0.717) is 13.0 Å². The number of carboxylic acids is 2. The molecule has 0 unspecified atom stereocenters. The van der Waals surface area contributed by atoms with Crippen molar-refractivity contribution in [2.45, 2.75) is 19.0 Å². The number of nitrogens with zero attached hydrogens (tertiary/aromatic N) is 1. The van der Waals surface area contributed by atoms with E-state index in [1.54, 1.807) is 12.5 Å². The normalized spacial score (nSPS) is 10.5. The second kappa shape index (κ2) is 9.30. The van der Waals surface area contributed by atoms with Crippen LogP contribution in [0.15, 0.2) is 36.8 Å². The highest BCUT2D eigenvalue weighted by molar-refractivity contribution is 6.27. The molecule has 0 saturated heterocycles. The van der Waals surface area contributed by atoms with Gasteiger partial charge in [0.05, 0.1) is 18.5 Å². The van der Waals surface area contributed by atoms with E-state index in [0.717, 1.165) is 24.2 Å². The van der Waals surface area contributed by atoms with Gasteiger partial charge in [-0.2, -0.15) is 13.2 Å². The monoisotopic (exact) mass is 360 g/mol. The molecule has 0 amide bonds. The number of alkyl halides is 3. The van der Waals surface area contributed by atoms with Gasteiger partial charge in [-0.25, -0.2) is 14.6 Å². The lowest BCUT2D eigenvalue weighted by Gasteiger charge is -2.09. The quantitative estimate of drug-likeness (QED) is 0.558. The maximum Gasteiger partial charge on any atom is 0.416 e. The number of imidazole rings is 1. The number of rotatable bonds is 5. The third kappa shape index (κ3) is 7.86. The highest BCUT2D eigenvalue weighted by atomic mass is 19.4. The lowest BCUT2D eigenvalue weighted by Crippen LogP contribution is -2.09. The fraction of sp³-hybridized carbons (Fsp3) is 0.267. The third-order valence-corrected chi connectivity index (χ3v) is 2.76. The number of aryl methyl sites for hydroxylation is 1. The van der Waals surface area contributed by atoms with Crippen molar-refractivity contribution in [3.05, 3.63) is 48.0 Å². The summed E-state index contributed by atoms with van der Waals surface area (Å²) in [6.07, 6.45) is 0.417. The van der Waals surface area contributed by atoms with Crippen LogP contribution in [0.2, 0.25) is 0 Å². The summed E-state index contributed by atoms with van der Waals surface area (Å²) in [5.74, 6) is -3.41. The Hall–Kier alpha value is -3.04. The summed E-state index contributed by atoms with van der Waals surface area (Å²) in [5, 5.41) is 14.8. The van der Waals surface area contributed by atoms with Crippen molar-refractivity contribution in [1.29, 1.82) is 0 Å². The second-order valence-electron chi connectivity index (χ2n) is 4.66. The van der Waals surface area contributed by atoms with Crippen LogP contribution in [0.4, 0.5) is 13.2 Å². The predicted molar refractivity (Wildman–Crippen MR) is 79.1 cm³/mol. The van der Waals surface area contributed by atoms with Gasteiger partial charge >= 0.3 is 18.1 Å². The number of carboxylic acid groups (broad SMARTS) is 2. The number of hydrogen-bond donors (Lipinski definition) is 3. The van der Waals surface area contributed by atoms with Gasteiger partial charge in [0.2, 0.25) is 0 Å². The molecule has 0 saturated carbocycles. The number of H-pyrrole nitrogens is 1. The summed E-state index contributed by atoms with van der Waals surface area (Å²) in [5.41, 5.74) is 0.284. The molecule has 3 N–H and O–H groups in total. The molecule has 136 valence electrons. The highest BCUT2D eigenvalue weighted by Gasteiger charge is 2.30. The van der Waals surface area contributed by atoms with E-state index >= 15 is 0 Å². The largest absolute Gasteiger partial charge is 0.494 e. The summed E-state index contributed by atoms with van der Waals surface area (Å²) >= 11 is 0. The van der Waals surface area contributed by atoms with Gasteiger partial charge in [0, 0.05) is 11.9 Å². The molecule has 1 aromatic heterocycles. The Bertz CT molecular complexity index is 675. The average Bonchev–Trinajstić information content (AvgIpc) is 3.05.